The molecule has 0 fully saturated rings. The summed E-state index contributed by atoms with van der Waals surface area (Å²) >= 11 is 5.98. The third kappa shape index (κ3) is 4.85. The molecule has 0 aliphatic rings. The van der Waals surface area contributed by atoms with Gasteiger partial charge in [-0.05, 0) is 35.4 Å². The molecule has 0 saturated heterocycles. The first kappa shape index (κ1) is 17.1. The molecule has 3 aromatic carbocycles. The number of amides is 1. The lowest BCUT2D eigenvalue weighted by Crippen LogP contribution is -2.33. The monoisotopic (exact) mass is 351 g/mol. The molecule has 3 aromatic rings. The fourth-order valence-corrected chi connectivity index (χ4v) is 2.65. The van der Waals surface area contributed by atoms with Crippen LogP contribution < -0.4 is 10.1 Å². The fraction of sp³-hybridized carbons (Fsp3) is 0.0952. The van der Waals surface area contributed by atoms with Gasteiger partial charge in [-0.15, -0.1) is 0 Å². The molecule has 25 heavy (non-hydrogen) atoms. The number of carbonyl (C=O) groups is 1. The van der Waals surface area contributed by atoms with Gasteiger partial charge in [-0.2, -0.15) is 0 Å². The molecule has 1 amide bonds. The molecule has 0 aliphatic carbocycles. The Hall–Kier alpha value is -2.78. The van der Waals surface area contributed by atoms with E-state index in [0.29, 0.717) is 10.8 Å². The van der Waals surface area contributed by atoms with Crippen LogP contribution in [0.5, 0.6) is 5.75 Å². The maximum absolute atomic E-state index is 12.4. The molecule has 0 heterocycles. The van der Waals surface area contributed by atoms with Gasteiger partial charge in [0.2, 0.25) is 0 Å². The quantitative estimate of drug-likeness (QED) is 0.703. The third-order valence-corrected chi connectivity index (χ3v) is 4.01. The van der Waals surface area contributed by atoms with Crippen molar-refractivity contribution in [1.29, 1.82) is 0 Å². The average molecular weight is 352 g/mol. The second-order valence-electron chi connectivity index (χ2n) is 5.56. The van der Waals surface area contributed by atoms with Crippen LogP contribution in [-0.4, -0.2) is 12.5 Å². The molecule has 0 unspecified atom stereocenters. The smallest absolute Gasteiger partial charge is 0.258 e. The van der Waals surface area contributed by atoms with Crippen molar-refractivity contribution in [3.63, 3.8) is 0 Å². The van der Waals surface area contributed by atoms with Crippen molar-refractivity contribution < 1.29 is 9.53 Å². The number of para-hydroxylation sites is 1. The van der Waals surface area contributed by atoms with E-state index in [1.54, 1.807) is 0 Å². The van der Waals surface area contributed by atoms with E-state index in [1.807, 2.05) is 84.9 Å². The Balaban J connectivity index is 1.73. The zero-order valence-electron chi connectivity index (χ0n) is 13.6. The van der Waals surface area contributed by atoms with Gasteiger partial charge < -0.3 is 10.1 Å². The Labute approximate surface area is 152 Å². The number of halogens is 1. The molecular formula is C21H18ClNO2. The molecule has 3 nitrogen and oxygen atoms in total. The molecule has 0 radical (unpaired) electrons. The fourth-order valence-electron chi connectivity index (χ4n) is 2.53. The van der Waals surface area contributed by atoms with Gasteiger partial charge in [0.05, 0.1) is 6.04 Å². The molecule has 0 bridgehead atoms. The summed E-state index contributed by atoms with van der Waals surface area (Å²) in [7, 11) is 0. The number of carbonyl (C=O) groups excluding carboxylic acids is 1. The third-order valence-electron chi connectivity index (χ3n) is 3.75. The molecule has 0 aromatic heterocycles. The SMILES string of the molecule is O=C(COc1ccccc1)N[C@@H](c1ccccc1)c1ccc(Cl)cc1. The molecule has 4 heteroatoms. The van der Waals surface area contributed by atoms with Crippen molar-refractivity contribution in [2.24, 2.45) is 0 Å². The number of nitrogens with one attached hydrogen (secondary N) is 1. The molecular weight excluding hydrogens is 334 g/mol. The summed E-state index contributed by atoms with van der Waals surface area (Å²) in [6.45, 7) is -0.0407. The maximum Gasteiger partial charge on any atom is 0.258 e. The van der Waals surface area contributed by atoms with Gasteiger partial charge in [0.25, 0.3) is 5.91 Å². The number of ether oxygens (including phenoxy) is 1. The Bertz CT molecular complexity index is 804. The van der Waals surface area contributed by atoms with Crippen molar-refractivity contribution in [3.8, 4) is 5.75 Å². The normalized spacial score (nSPS) is 11.6. The van der Waals surface area contributed by atoms with Crippen molar-refractivity contribution in [2.45, 2.75) is 6.04 Å². The van der Waals surface area contributed by atoms with Gasteiger partial charge in [0.1, 0.15) is 5.75 Å². The van der Waals surface area contributed by atoms with Crippen molar-refractivity contribution >= 4 is 17.5 Å². The van der Waals surface area contributed by atoms with Crippen LogP contribution in [0.1, 0.15) is 17.2 Å². The van der Waals surface area contributed by atoms with E-state index < -0.39 is 0 Å². The van der Waals surface area contributed by atoms with Crippen LogP contribution in [0.25, 0.3) is 0 Å². The van der Waals surface area contributed by atoms with E-state index in [0.717, 1.165) is 11.1 Å². The minimum atomic E-state index is -0.259. The van der Waals surface area contributed by atoms with E-state index in [-0.39, 0.29) is 18.6 Å². The number of hydrogen-bond donors (Lipinski definition) is 1. The summed E-state index contributed by atoms with van der Waals surface area (Å²) in [5, 5.41) is 3.69. The van der Waals surface area contributed by atoms with Crippen LogP contribution in [0.4, 0.5) is 0 Å². The van der Waals surface area contributed by atoms with Gasteiger partial charge in [0, 0.05) is 5.02 Å². The van der Waals surface area contributed by atoms with Crippen molar-refractivity contribution in [3.05, 3.63) is 101 Å². The molecule has 1 atom stereocenters. The van der Waals surface area contributed by atoms with Crippen molar-refractivity contribution in [2.75, 3.05) is 6.61 Å². The highest BCUT2D eigenvalue weighted by atomic mass is 35.5. The zero-order valence-corrected chi connectivity index (χ0v) is 14.3. The van der Waals surface area contributed by atoms with E-state index in [9.17, 15) is 4.79 Å². The summed E-state index contributed by atoms with van der Waals surface area (Å²) in [5.41, 5.74) is 1.96. The van der Waals surface area contributed by atoms with E-state index in [4.69, 9.17) is 16.3 Å². The van der Waals surface area contributed by atoms with Gasteiger partial charge >= 0.3 is 0 Å². The number of rotatable bonds is 6. The summed E-state index contributed by atoms with van der Waals surface area (Å²) < 4.78 is 5.53. The number of benzene rings is 3. The van der Waals surface area contributed by atoms with E-state index in [1.165, 1.54) is 0 Å². The highest BCUT2D eigenvalue weighted by molar-refractivity contribution is 6.30. The molecule has 0 saturated carbocycles. The van der Waals surface area contributed by atoms with Gasteiger partial charge in [-0.3, -0.25) is 4.79 Å². The van der Waals surface area contributed by atoms with Gasteiger partial charge in [-0.1, -0.05) is 72.3 Å². The number of hydrogen-bond acceptors (Lipinski definition) is 2. The Kier molecular flexibility index (Phi) is 5.70. The highest BCUT2D eigenvalue weighted by Gasteiger charge is 2.17. The summed E-state index contributed by atoms with van der Waals surface area (Å²) in [4.78, 5) is 12.4. The lowest BCUT2D eigenvalue weighted by atomic mass is 9.99. The predicted molar refractivity (Wildman–Crippen MR) is 99.8 cm³/mol. The highest BCUT2D eigenvalue weighted by Crippen LogP contribution is 2.23. The summed E-state index contributed by atoms with van der Waals surface area (Å²) in [6, 6.07) is 26.3. The molecule has 1 N–H and O–H groups in total. The standard InChI is InChI=1S/C21H18ClNO2/c22-18-13-11-17(12-14-18)21(16-7-3-1-4-8-16)23-20(24)15-25-19-9-5-2-6-10-19/h1-14,21H,15H2,(H,23,24)/t21-/m0/s1. The maximum atomic E-state index is 12.4. The molecule has 3 rings (SSSR count). The van der Waals surface area contributed by atoms with E-state index in [2.05, 4.69) is 5.32 Å². The van der Waals surface area contributed by atoms with Crippen LogP contribution in [0.3, 0.4) is 0 Å². The minimum absolute atomic E-state index is 0.0407. The first-order chi connectivity index (χ1) is 12.2. The summed E-state index contributed by atoms with van der Waals surface area (Å²) in [6.07, 6.45) is 0. The van der Waals surface area contributed by atoms with Crippen LogP contribution >= 0.6 is 11.6 Å². The van der Waals surface area contributed by atoms with Crippen molar-refractivity contribution in [1.82, 2.24) is 5.32 Å². The zero-order chi connectivity index (χ0) is 17.5. The minimum Gasteiger partial charge on any atom is -0.484 e. The summed E-state index contributed by atoms with van der Waals surface area (Å²) in [5.74, 6) is 0.480. The molecule has 0 spiro atoms. The van der Waals surface area contributed by atoms with Crippen LogP contribution in [-0.2, 0) is 4.79 Å². The second-order valence-corrected chi connectivity index (χ2v) is 6.00. The molecule has 0 aliphatic heterocycles. The predicted octanol–water partition coefficient (Wildman–Crippen LogP) is 4.62. The first-order valence-corrected chi connectivity index (χ1v) is 8.38. The Morgan fingerprint density at radius 1 is 0.840 bits per heavy atom. The average Bonchev–Trinajstić information content (AvgIpc) is 2.67. The van der Waals surface area contributed by atoms with Gasteiger partial charge in [-0.25, -0.2) is 0 Å². The molecule has 126 valence electrons. The topological polar surface area (TPSA) is 38.3 Å². The Morgan fingerprint density at radius 2 is 1.40 bits per heavy atom. The van der Waals surface area contributed by atoms with E-state index >= 15 is 0 Å². The van der Waals surface area contributed by atoms with Crippen LogP contribution in [0, 0.1) is 0 Å². The Morgan fingerprint density at radius 3 is 2.04 bits per heavy atom. The second kappa shape index (κ2) is 8.36. The lowest BCUT2D eigenvalue weighted by molar-refractivity contribution is -0.123. The van der Waals surface area contributed by atoms with Crippen LogP contribution in [0.2, 0.25) is 5.02 Å². The largest absolute Gasteiger partial charge is 0.484 e. The van der Waals surface area contributed by atoms with Gasteiger partial charge in [0.15, 0.2) is 6.61 Å². The first-order valence-electron chi connectivity index (χ1n) is 8.00. The van der Waals surface area contributed by atoms with Crippen LogP contribution in [0.15, 0.2) is 84.9 Å². The lowest BCUT2D eigenvalue weighted by Gasteiger charge is -2.20.